The lowest BCUT2D eigenvalue weighted by molar-refractivity contribution is -0.116. The SMILES string of the molecule is CN(CCC(=O)Nc1ccc(F)c(F)c1)CC[C@@H]1CCCCO1. The van der Waals surface area contributed by atoms with Crippen LogP contribution in [-0.2, 0) is 9.53 Å². The van der Waals surface area contributed by atoms with E-state index in [1.807, 2.05) is 7.05 Å². The minimum Gasteiger partial charge on any atom is -0.378 e. The number of hydrogen-bond donors (Lipinski definition) is 1. The molecular formula is C17H24F2N2O2. The third kappa shape index (κ3) is 6.23. The Morgan fingerprint density at radius 3 is 2.83 bits per heavy atom. The molecule has 0 saturated carbocycles. The lowest BCUT2D eigenvalue weighted by atomic mass is 10.1. The molecule has 6 heteroatoms. The van der Waals surface area contributed by atoms with E-state index in [2.05, 4.69) is 10.2 Å². The first-order chi connectivity index (χ1) is 11.0. The van der Waals surface area contributed by atoms with Crippen molar-refractivity contribution in [2.24, 2.45) is 0 Å². The third-order valence-electron chi connectivity index (χ3n) is 4.03. The smallest absolute Gasteiger partial charge is 0.225 e. The van der Waals surface area contributed by atoms with Crippen LogP contribution >= 0.6 is 0 Å². The second kappa shape index (κ2) is 8.93. The molecule has 1 fully saturated rings. The summed E-state index contributed by atoms with van der Waals surface area (Å²) in [6, 6.07) is 3.33. The van der Waals surface area contributed by atoms with Crippen molar-refractivity contribution in [3.05, 3.63) is 29.8 Å². The zero-order chi connectivity index (χ0) is 16.7. The topological polar surface area (TPSA) is 41.6 Å². The van der Waals surface area contributed by atoms with Crippen LogP contribution in [-0.4, -0.2) is 43.7 Å². The first kappa shape index (κ1) is 17.8. The van der Waals surface area contributed by atoms with Crippen molar-refractivity contribution in [1.29, 1.82) is 0 Å². The maximum Gasteiger partial charge on any atom is 0.225 e. The molecule has 1 aliphatic rings. The van der Waals surface area contributed by atoms with Crippen molar-refractivity contribution in [1.82, 2.24) is 4.90 Å². The molecular weight excluding hydrogens is 302 g/mol. The van der Waals surface area contributed by atoms with Crippen molar-refractivity contribution in [2.75, 3.05) is 32.1 Å². The standard InChI is InChI=1S/C17H24F2N2O2/c1-21(9-7-14-4-2-3-11-23-14)10-8-17(22)20-13-5-6-15(18)16(19)12-13/h5-6,12,14H,2-4,7-11H2,1H3,(H,20,22)/t14-/m0/s1. The molecule has 1 saturated heterocycles. The number of benzene rings is 1. The number of ether oxygens (including phenoxy) is 1. The summed E-state index contributed by atoms with van der Waals surface area (Å²) in [5.41, 5.74) is 0.271. The molecule has 1 aliphatic heterocycles. The number of nitrogens with zero attached hydrogens (tertiary/aromatic N) is 1. The summed E-state index contributed by atoms with van der Waals surface area (Å²) >= 11 is 0. The number of amides is 1. The first-order valence-corrected chi connectivity index (χ1v) is 8.09. The van der Waals surface area contributed by atoms with E-state index >= 15 is 0 Å². The van der Waals surface area contributed by atoms with Crippen LogP contribution in [0.25, 0.3) is 0 Å². The molecule has 1 heterocycles. The Morgan fingerprint density at radius 1 is 1.30 bits per heavy atom. The van der Waals surface area contributed by atoms with Crippen LogP contribution in [0.4, 0.5) is 14.5 Å². The Morgan fingerprint density at radius 2 is 2.13 bits per heavy atom. The van der Waals surface area contributed by atoms with Crippen LogP contribution in [0.15, 0.2) is 18.2 Å². The lowest BCUT2D eigenvalue weighted by Crippen LogP contribution is -2.29. The van der Waals surface area contributed by atoms with Gasteiger partial charge in [-0.1, -0.05) is 0 Å². The highest BCUT2D eigenvalue weighted by atomic mass is 19.2. The van der Waals surface area contributed by atoms with E-state index in [4.69, 9.17) is 4.74 Å². The highest BCUT2D eigenvalue weighted by Crippen LogP contribution is 2.16. The van der Waals surface area contributed by atoms with Gasteiger partial charge in [-0.05, 0) is 44.9 Å². The molecule has 0 bridgehead atoms. The van der Waals surface area contributed by atoms with Gasteiger partial charge in [0.15, 0.2) is 11.6 Å². The quantitative estimate of drug-likeness (QED) is 0.837. The minimum absolute atomic E-state index is 0.211. The molecule has 0 aromatic heterocycles. The van der Waals surface area contributed by atoms with E-state index in [-0.39, 0.29) is 11.6 Å². The van der Waals surface area contributed by atoms with E-state index in [1.165, 1.54) is 12.5 Å². The maximum absolute atomic E-state index is 13.1. The average molecular weight is 326 g/mol. The number of carbonyl (C=O) groups excluding carboxylic acids is 1. The van der Waals surface area contributed by atoms with Crippen LogP contribution in [0.2, 0.25) is 0 Å². The Labute approximate surface area is 135 Å². The van der Waals surface area contributed by atoms with Gasteiger partial charge in [0.1, 0.15) is 0 Å². The normalized spacial score (nSPS) is 18.2. The zero-order valence-electron chi connectivity index (χ0n) is 13.5. The monoisotopic (exact) mass is 326 g/mol. The Bertz CT molecular complexity index is 519. The zero-order valence-corrected chi connectivity index (χ0v) is 13.5. The summed E-state index contributed by atoms with van der Waals surface area (Å²) < 4.78 is 31.6. The van der Waals surface area contributed by atoms with Crippen LogP contribution in [0.5, 0.6) is 0 Å². The highest BCUT2D eigenvalue weighted by molar-refractivity contribution is 5.90. The molecule has 0 aliphatic carbocycles. The van der Waals surface area contributed by atoms with Crippen LogP contribution in [0.1, 0.15) is 32.1 Å². The van der Waals surface area contributed by atoms with Gasteiger partial charge >= 0.3 is 0 Å². The van der Waals surface area contributed by atoms with Gasteiger partial charge in [0.25, 0.3) is 0 Å². The van der Waals surface area contributed by atoms with Crippen LogP contribution in [0, 0.1) is 11.6 Å². The van der Waals surface area contributed by atoms with Crippen molar-refractivity contribution in [2.45, 2.75) is 38.2 Å². The average Bonchev–Trinajstić information content (AvgIpc) is 2.55. The maximum atomic E-state index is 13.1. The summed E-state index contributed by atoms with van der Waals surface area (Å²) in [5.74, 6) is -2.10. The molecule has 1 aromatic carbocycles. The Hall–Kier alpha value is -1.53. The fourth-order valence-electron chi connectivity index (χ4n) is 2.60. The molecule has 4 nitrogen and oxygen atoms in total. The van der Waals surface area contributed by atoms with Gasteiger partial charge in [0.05, 0.1) is 6.10 Å². The predicted octanol–water partition coefficient (Wildman–Crippen LogP) is 3.18. The number of carbonyl (C=O) groups is 1. The molecule has 23 heavy (non-hydrogen) atoms. The van der Waals surface area contributed by atoms with E-state index < -0.39 is 11.6 Å². The van der Waals surface area contributed by atoms with Gasteiger partial charge in [-0.25, -0.2) is 8.78 Å². The van der Waals surface area contributed by atoms with Crippen molar-refractivity contribution in [3.8, 4) is 0 Å². The molecule has 0 radical (unpaired) electrons. The first-order valence-electron chi connectivity index (χ1n) is 8.09. The van der Waals surface area contributed by atoms with Gasteiger partial charge in [0, 0.05) is 37.9 Å². The summed E-state index contributed by atoms with van der Waals surface area (Å²) in [7, 11) is 1.97. The van der Waals surface area contributed by atoms with Gasteiger partial charge in [-0.15, -0.1) is 0 Å². The Balaban J connectivity index is 1.65. The Kier molecular flexibility index (Phi) is 6.92. The third-order valence-corrected chi connectivity index (χ3v) is 4.03. The molecule has 1 N–H and O–H groups in total. The number of hydrogen-bond acceptors (Lipinski definition) is 3. The van der Waals surface area contributed by atoms with Gasteiger partial charge in [-0.2, -0.15) is 0 Å². The second-order valence-electron chi connectivity index (χ2n) is 6.01. The summed E-state index contributed by atoms with van der Waals surface area (Å²) in [6.45, 7) is 2.34. The molecule has 128 valence electrons. The predicted molar refractivity (Wildman–Crippen MR) is 85.3 cm³/mol. The van der Waals surface area contributed by atoms with Crippen molar-refractivity contribution < 1.29 is 18.3 Å². The van der Waals surface area contributed by atoms with E-state index in [1.54, 1.807) is 0 Å². The molecule has 1 atom stereocenters. The van der Waals surface area contributed by atoms with Crippen molar-refractivity contribution in [3.63, 3.8) is 0 Å². The highest BCUT2D eigenvalue weighted by Gasteiger charge is 2.14. The molecule has 1 amide bonds. The van der Waals surface area contributed by atoms with Crippen LogP contribution < -0.4 is 5.32 Å². The largest absolute Gasteiger partial charge is 0.378 e. The summed E-state index contributed by atoms with van der Waals surface area (Å²) in [6.07, 6.45) is 5.11. The molecule has 1 aromatic rings. The van der Waals surface area contributed by atoms with Gasteiger partial charge in [0.2, 0.25) is 5.91 Å². The van der Waals surface area contributed by atoms with Crippen LogP contribution in [0.3, 0.4) is 0 Å². The number of rotatable bonds is 7. The number of halogens is 2. The lowest BCUT2D eigenvalue weighted by Gasteiger charge is -2.25. The number of anilines is 1. The van der Waals surface area contributed by atoms with Gasteiger partial charge in [-0.3, -0.25) is 4.79 Å². The second-order valence-corrected chi connectivity index (χ2v) is 6.01. The molecule has 0 unspecified atom stereocenters. The molecule has 2 rings (SSSR count). The fourth-order valence-corrected chi connectivity index (χ4v) is 2.60. The number of nitrogens with one attached hydrogen (secondary N) is 1. The minimum atomic E-state index is -0.965. The van der Waals surface area contributed by atoms with Gasteiger partial charge < -0.3 is 15.0 Å². The summed E-state index contributed by atoms with van der Waals surface area (Å²) in [4.78, 5) is 13.9. The van der Waals surface area contributed by atoms with E-state index in [0.717, 1.165) is 44.5 Å². The summed E-state index contributed by atoms with van der Waals surface area (Å²) in [5, 5.41) is 2.57. The van der Waals surface area contributed by atoms with E-state index in [9.17, 15) is 13.6 Å². The molecule has 0 spiro atoms. The van der Waals surface area contributed by atoms with Crippen molar-refractivity contribution >= 4 is 11.6 Å². The fraction of sp³-hybridized carbons (Fsp3) is 0.588. The van der Waals surface area contributed by atoms with E-state index in [0.29, 0.717) is 19.1 Å².